The van der Waals surface area contributed by atoms with Gasteiger partial charge < -0.3 is 19.2 Å². The summed E-state index contributed by atoms with van der Waals surface area (Å²) in [6, 6.07) is 15.3. The highest BCUT2D eigenvalue weighted by Gasteiger charge is 2.23. The number of para-hydroxylation sites is 2. The van der Waals surface area contributed by atoms with Crippen LogP contribution in [-0.2, 0) is 12.8 Å². The summed E-state index contributed by atoms with van der Waals surface area (Å²) < 4.78 is 16.9. The molecule has 0 aliphatic heterocycles. The van der Waals surface area contributed by atoms with Crippen molar-refractivity contribution < 1.29 is 14.2 Å². The lowest BCUT2D eigenvalue weighted by Crippen LogP contribution is -2.13. The molecule has 0 amide bonds. The first-order valence-electron chi connectivity index (χ1n) is 11.7. The first-order chi connectivity index (χ1) is 16.6. The minimum atomic E-state index is -0.0394. The molecule has 2 aromatic carbocycles. The summed E-state index contributed by atoms with van der Waals surface area (Å²) in [6.45, 7) is 3.34. The van der Waals surface area contributed by atoms with Crippen LogP contribution in [0.15, 0.2) is 53.3 Å². The van der Waals surface area contributed by atoms with Gasteiger partial charge in [-0.1, -0.05) is 19.1 Å². The van der Waals surface area contributed by atoms with Crippen molar-refractivity contribution in [1.82, 2.24) is 9.97 Å². The average molecular weight is 477 g/mol. The van der Waals surface area contributed by atoms with Gasteiger partial charge in [-0.15, -0.1) is 11.3 Å². The van der Waals surface area contributed by atoms with E-state index in [1.54, 1.807) is 18.4 Å². The number of hydrogen-bond acceptors (Lipinski definition) is 6. The summed E-state index contributed by atoms with van der Waals surface area (Å²) in [4.78, 5) is 22.8. The van der Waals surface area contributed by atoms with Crippen molar-refractivity contribution in [2.24, 2.45) is 5.92 Å². The molecule has 7 heteroatoms. The Morgan fingerprint density at radius 3 is 2.62 bits per heavy atom. The number of aromatic nitrogens is 2. The molecule has 2 aromatic heterocycles. The third-order valence-corrected chi connectivity index (χ3v) is 7.33. The van der Waals surface area contributed by atoms with E-state index >= 15 is 0 Å². The largest absolute Gasteiger partial charge is 0.493 e. The number of H-pyrrole nitrogens is 1. The Morgan fingerprint density at radius 2 is 1.82 bits per heavy atom. The lowest BCUT2D eigenvalue weighted by Gasteiger charge is -2.17. The van der Waals surface area contributed by atoms with Crippen molar-refractivity contribution in [2.75, 3.05) is 20.3 Å². The summed E-state index contributed by atoms with van der Waals surface area (Å²) in [5, 5.41) is 0.783. The van der Waals surface area contributed by atoms with Gasteiger partial charge in [-0.25, -0.2) is 4.98 Å². The van der Waals surface area contributed by atoms with Gasteiger partial charge in [-0.05, 0) is 67.1 Å². The average Bonchev–Trinajstić information content (AvgIpc) is 3.22. The number of fused-ring (bicyclic) bond motifs is 3. The summed E-state index contributed by atoms with van der Waals surface area (Å²) in [6.07, 6.45) is 3.89. The third kappa shape index (κ3) is 4.66. The highest BCUT2D eigenvalue weighted by atomic mass is 32.1. The zero-order valence-electron chi connectivity index (χ0n) is 19.4. The molecular weight excluding hydrogens is 448 g/mol. The first-order valence-corrected chi connectivity index (χ1v) is 12.5. The Labute approximate surface area is 202 Å². The minimum absolute atomic E-state index is 0.0394. The predicted octanol–water partition coefficient (Wildman–Crippen LogP) is 5.63. The monoisotopic (exact) mass is 476 g/mol. The maximum Gasteiger partial charge on any atom is 0.260 e. The van der Waals surface area contributed by atoms with Crippen molar-refractivity contribution in [3.63, 3.8) is 0 Å². The molecule has 0 fully saturated rings. The fourth-order valence-electron chi connectivity index (χ4n) is 4.36. The van der Waals surface area contributed by atoms with Crippen LogP contribution in [0.25, 0.3) is 21.6 Å². The van der Waals surface area contributed by atoms with Crippen LogP contribution in [0.2, 0.25) is 0 Å². The van der Waals surface area contributed by atoms with Gasteiger partial charge in [0.25, 0.3) is 5.56 Å². The van der Waals surface area contributed by atoms with E-state index < -0.39 is 0 Å². The summed E-state index contributed by atoms with van der Waals surface area (Å²) >= 11 is 1.67. The molecule has 1 N–H and O–H groups in total. The van der Waals surface area contributed by atoms with Crippen LogP contribution in [0.4, 0.5) is 0 Å². The number of ether oxygens (including phenoxy) is 3. The molecule has 1 unspecified atom stereocenters. The van der Waals surface area contributed by atoms with Crippen molar-refractivity contribution in [2.45, 2.75) is 32.6 Å². The molecule has 0 radical (unpaired) electrons. The molecule has 5 rings (SSSR count). The molecule has 6 nitrogen and oxygen atoms in total. The van der Waals surface area contributed by atoms with Crippen molar-refractivity contribution in [1.29, 1.82) is 0 Å². The summed E-state index contributed by atoms with van der Waals surface area (Å²) in [5.74, 6) is 3.49. The van der Waals surface area contributed by atoms with Gasteiger partial charge in [0, 0.05) is 16.9 Å². The van der Waals surface area contributed by atoms with Crippen LogP contribution < -0.4 is 19.8 Å². The van der Waals surface area contributed by atoms with Gasteiger partial charge in [-0.2, -0.15) is 0 Å². The van der Waals surface area contributed by atoms with Crippen molar-refractivity contribution >= 4 is 21.6 Å². The molecule has 1 atom stereocenters. The topological polar surface area (TPSA) is 73.4 Å². The zero-order chi connectivity index (χ0) is 23.5. The quantitative estimate of drug-likeness (QED) is 0.334. The van der Waals surface area contributed by atoms with Gasteiger partial charge in [0.2, 0.25) is 0 Å². The van der Waals surface area contributed by atoms with Crippen LogP contribution in [0.3, 0.4) is 0 Å². The number of aryl methyl sites for hydroxylation is 1. The van der Waals surface area contributed by atoms with Crippen LogP contribution in [0.1, 0.15) is 30.2 Å². The fourth-order valence-corrected chi connectivity index (χ4v) is 5.75. The van der Waals surface area contributed by atoms with E-state index in [2.05, 4.69) is 11.9 Å². The Hall–Kier alpha value is -3.32. The molecule has 1 aliphatic carbocycles. The zero-order valence-corrected chi connectivity index (χ0v) is 20.2. The normalized spacial score (nSPS) is 15.2. The molecular formula is C27H28N2O4S. The number of nitrogens with zero attached hydrogens (tertiary/aromatic N) is 1. The highest BCUT2D eigenvalue weighted by molar-refractivity contribution is 7.18. The van der Waals surface area contributed by atoms with E-state index in [0.717, 1.165) is 58.7 Å². The van der Waals surface area contributed by atoms with E-state index in [1.165, 1.54) is 10.4 Å². The third-order valence-electron chi connectivity index (χ3n) is 6.18. The van der Waals surface area contributed by atoms with E-state index in [4.69, 9.17) is 19.2 Å². The lowest BCUT2D eigenvalue weighted by molar-refractivity contribution is 0.240. The van der Waals surface area contributed by atoms with E-state index in [0.29, 0.717) is 25.0 Å². The van der Waals surface area contributed by atoms with E-state index in [1.807, 2.05) is 48.5 Å². The molecule has 1 aliphatic rings. The van der Waals surface area contributed by atoms with Crippen LogP contribution in [0.5, 0.6) is 17.2 Å². The molecule has 0 saturated heterocycles. The second-order valence-corrected chi connectivity index (χ2v) is 9.76. The number of rotatable bonds is 8. The maximum absolute atomic E-state index is 12.9. The van der Waals surface area contributed by atoms with Crippen molar-refractivity contribution in [3.8, 4) is 28.6 Å². The van der Waals surface area contributed by atoms with Gasteiger partial charge in [0.15, 0.2) is 11.5 Å². The minimum Gasteiger partial charge on any atom is -0.493 e. The predicted molar refractivity (Wildman–Crippen MR) is 135 cm³/mol. The smallest absolute Gasteiger partial charge is 0.260 e. The number of benzene rings is 2. The molecule has 0 spiro atoms. The number of nitrogens with one attached hydrogen (secondary N) is 1. The number of aromatic amines is 1. The SMILES string of the molecule is COc1ccccc1OCCCOc1ccc(-c2nc3sc4c(c3c(=O)[nH]2)CCC(C)C4)cc1. The molecule has 2 heterocycles. The Morgan fingerprint density at radius 1 is 1.06 bits per heavy atom. The van der Waals surface area contributed by atoms with Gasteiger partial charge in [0.05, 0.1) is 25.7 Å². The van der Waals surface area contributed by atoms with Crippen molar-refractivity contribution in [3.05, 3.63) is 69.3 Å². The second-order valence-electron chi connectivity index (χ2n) is 8.67. The Kier molecular flexibility index (Phi) is 6.54. The van der Waals surface area contributed by atoms with Gasteiger partial charge in [0.1, 0.15) is 16.4 Å². The fraction of sp³-hybridized carbons (Fsp3) is 0.333. The molecule has 0 saturated carbocycles. The standard InChI is InChI=1S/C27H28N2O4S/c1-17-8-13-20-23(16-17)34-27-24(20)26(30)28-25(29-27)18-9-11-19(12-10-18)32-14-5-15-33-22-7-4-3-6-21(22)31-2/h3-4,6-7,9-12,17H,5,8,13-16H2,1-2H3,(H,28,29,30). The lowest BCUT2D eigenvalue weighted by atomic mass is 9.89. The molecule has 34 heavy (non-hydrogen) atoms. The van der Waals surface area contributed by atoms with Crippen LogP contribution in [-0.4, -0.2) is 30.3 Å². The van der Waals surface area contributed by atoms with Gasteiger partial charge in [-0.3, -0.25) is 4.79 Å². The molecule has 176 valence electrons. The molecule has 0 bridgehead atoms. The first kappa shape index (κ1) is 22.5. The van der Waals surface area contributed by atoms with Crippen LogP contribution in [0, 0.1) is 5.92 Å². The number of methoxy groups -OCH3 is 1. The van der Waals surface area contributed by atoms with Crippen LogP contribution >= 0.6 is 11.3 Å². The summed E-state index contributed by atoms with van der Waals surface area (Å²) in [5.41, 5.74) is 2.03. The maximum atomic E-state index is 12.9. The number of hydrogen-bond donors (Lipinski definition) is 1. The number of thiophene rings is 1. The Balaban J connectivity index is 1.21. The van der Waals surface area contributed by atoms with E-state index in [9.17, 15) is 4.79 Å². The highest BCUT2D eigenvalue weighted by Crippen LogP contribution is 2.36. The second kappa shape index (κ2) is 9.89. The summed E-state index contributed by atoms with van der Waals surface area (Å²) in [7, 11) is 1.63. The molecule has 4 aromatic rings. The van der Waals surface area contributed by atoms with Gasteiger partial charge >= 0.3 is 0 Å². The van der Waals surface area contributed by atoms with E-state index in [-0.39, 0.29) is 5.56 Å². The Bertz CT molecular complexity index is 1340.